The first-order valence-electron chi connectivity index (χ1n) is 9.80. The average molecular weight is 419 g/mol. The second-order valence-electron chi connectivity index (χ2n) is 8.26. The van der Waals surface area contributed by atoms with Crippen molar-refractivity contribution < 1.29 is 14.7 Å². The van der Waals surface area contributed by atoms with Crippen LogP contribution in [0.25, 0.3) is 11.1 Å². The summed E-state index contributed by atoms with van der Waals surface area (Å²) in [6.07, 6.45) is 1.24. The van der Waals surface area contributed by atoms with Gasteiger partial charge in [0, 0.05) is 17.0 Å². The normalized spacial score (nSPS) is 11.6. The maximum absolute atomic E-state index is 13.2. The van der Waals surface area contributed by atoms with E-state index in [9.17, 15) is 4.79 Å². The molecule has 0 atom stereocenters. The number of esters is 1. The monoisotopic (exact) mass is 419 g/mol. The lowest BCUT2D eigenvalue weighted by atomic mass is 9.99. The lowest BCUT2D eigenvalue weighted by Crippen LogP contribution is -2.24. The molecule has 2 N–H and O–H groups in total. The Labute approximate surface area is 180 Å². The number of hydrogen-bond donors (Lipinski definition) is 2. The number of H-pyrrole nitrogens is 1. The minimum absolute atomic E-state index is 0.399. The van der Waals surface area contributed by atoms with Gasteiger partial charge < -0.3 is 14.5 Å². The highest BCUT2D eigenvalue weighted by molar-refractivity contribution is 6.00. The van der Waals surface area contributed by atoms with Gasteiger partial charge in [-0.15, -0.1) is 0 Å². The zero-order valence-corrected chi connectivity index (χ0v) is 18.2. The fourth-order valence-electron chi connectivity index (χ4n) is 3.52. The lowest BCUT2D eigenvalue weighted by Gasteiger charge is -2.20. The molecule has 3 aromatic rings. The Kier molecular flexibility index (Phi) is 5.97. The Hall–Kier alpha value is -3.86. The number of ether oxygens (including phenoxy) is 1. The smallest absolute Gasteiger partial charge is 0.341 e. The van der Waals surface area contributed by atoms with E-state index in [1.165, 1.54) is 6.21 Å². The zero-order valence-electron chi connectivity index (χ0n) is 18.2. The van der Waals surface area contributed by atoms with Crippen LogP contribution in [-0.4, -0.2) is 37.8 Å². The van der Waals surface area contributed by atoms with Crippen LogP contribution in [0.1, 0.15) is 59.5 Å². The van der Waals surface area contributed by atoms with Crippen molar-refractivity contribution in [2.45, 2.75) is 46.8 Å². The standard InChI is InChI=1S/C23H25N5O3/c1-14-20(17-8-6-16(11-24)7-9-17)21(22(29)31-23(3,4)5)15(2)28(14)13-19-10-18(12-25-30)26-27-19/h6-10,12,30H,13H2,1-5H3,(H,26,27)/b25-12+. The predicted molar refractivity (Wildman–Crippen MR) is 116 cm³/mol. The molecule has 3 rings (SSSR count). The van der Waals surface area contributed by atoms with E-state index in [4.69, 9.17) is 15.2 Å². The van der Waals surface area contributed by atoms with Crippen LogP contribution in [0.5, 0.6) is 0 Å². The SMILES string of the molecule is Cc1c(C(=O)OC(C)(C)C)c(-c2ccc(C#N)cc2)c(C)n1Cc1cc(/C=N/O)n[nH]1. The van der Waals surface area contributed by atoms with Crippen LogP contribution in [0, 0.1) is 25.2 Å². The number of carbonyl (C=O) groups excluding carboxylic acids is 1. The summed E-state index contributed by atoms with van der Waals surface area (Å²) in [4.78, 5) is 13.2. The summed E-state index contributed by atoms with van der Waals surface area (Å²) in [6.45, 7) is 9.77. The molecule has 0 aliphatic rings. The summed E-state index contributed by atoms with van der Waals surface area (Å²) in [7, 11) is 0. The number of oxime groups is 1. The molecular weight excluding hydrogens is 394 g/mol. The number of rotatable bonds is 5. The number of carbonyl (C=O) groups is 1. The number of nitrogens with zero attached hydrogens (tertiary/aromatic N) is 4. The Balaban J connectivity index is 2.13. The van der Waals surface area contributed by atoms with Gasteiger partial charge in [-0.2, -0.15) is 10.4 Å². The van der Waals surface area contributed by atoms with Gasteiger partial charge >= 0.3 is 5.97 Å². The Bertz CT molecular complexity index is 1170. The van der Waals surface area contributed by atoms with E-state index in [2.05, 4.69) is 21.4 Å². The van der Waals surface area contributed by atoms with Crippen LogP contribution in [-0.2, 0) is 11.3 Å². The Morgan fingerprint density at radius 3 is 2.55 bits per heavy atom. The largest absolute Gasteiger partial charge is 0.456 e. The molecule has 0 saturated carbocycles. The van der Waals surface area contributed by atoms with Crippen LogP contribution in [0.4, 0.5) is 0 Å². The summed E-state index contributed by atoms with van der Waals surface area (Å²) >= 11 is 0. The van der Waals surface area contributed by atoms with Crippen molar-refractivity contribution in [1.29, 1.82) is 5.26 Å². The molecule has 160 valence electrons. The highest BCUT2D eigenvalue weighted by atomic mass is 16.6. The van der Waals surface area contributed by atoms with E-state index in [-0.39, 0.29) is 0 Å². The number of nitrogens with one attached hydrogen (secondary N) is 1. The van der Waals surface area contributed by atoms with Gasteiger partial charge in [0.2, 0.25) is 0 Å². The van der Waals surface area contributed by atoms with Crippen molar-refractivity contribution in [2.75, 3.05) is 0 Å². The number of aromatic amines is 1. The van der Waals surface area contributed by atoms with Crippen LogP contribution < -0.4 is 0 Å². The van der Waals surface area contributed by atoms with E-state index in [1.54, 1.807) is 18.2 Å². The summed E-state index contributed by atoms with van der Waals surface area (Å²) in [5.74, 6) is -0.399. The molecule has 1 aromatic carbocycles. The van der Waals surface area contributed by atoms with Crippen LogP contribution in [0.15, 0.2) is 35.5 Å². The molecule has 0 aliphatic heterocycles. The first-order valence-corrected chi connectivity index (χ1v) is 9.80. The maximum atomic E-state index is 13.2. The quantitative estimate of drug-likeness (QED) is 0.278. The number of hydrogen-bond acceptors (Lipinski definition) is 6. The first kappa shape index (κ1) is 21.8. The van der Waals surface area contributed by atoms with Crippen molar-refractivity contribution in [3.8, 4) is 17.2 Å². The maximum Gasteiger partial charge on any atom is 0.341 e. The molecule has 0 bridgehead atoms. The third kappa shape index (κ3) is 4.67. The van der Waals surface area contributed by atoms with Crippen LogP contribution in [0.2, 0.25) is 0 Å². The molecule has 0 amide bonds. The number of benzene rings is 1. The Morgan fingerprint density at radius 2 is 1.97 bits per heavy atom. The number of aromatic nitrogens is 3. The molecule has 2 heterocycles. The molecule has 0 saturated heterocycles. The molecule has 8 nitrogen and oxygen atoms in total. The van der Waals surface area contributed by atoms with Gasteiger partial charge in [-0.25, -0.2) is 4.79 Å². The van der Waals surface area contributed by atoms with E-state index < -0.39 is 11.6 Å². The van der Waals surface area contributed by atoms with Crippen molar-refractivity contribution >= 4 is 12.2 Å². The molecular formula is C23H25N5O3. The first-order chi connectivity index (χ1) is 14.6. The van der Waals surface area contributed by atoms with E-state index in [0.29, 0.717) is 23.4 Å². The van der Waals surface area contributed by atoms with Crippen LogP contribution in [0.3, 0.4) is 0 Å². The van der Waals surface area contributed by atoms with E-state index >= 15 is 0 Å². The topological polar surface area (TPSA) is 116 Å². The second-order valence-corrected chi connectivity index (χ2v) is 8.26. The van der Waals surface area contributed by atoms with Gasteiger partial charge in [0.25, 0.3) is 0 Å². The molecule has 2 aromatic heterocycles. The minimum Gasteiger partial charge on any atom is -0.456 e. The van der Waals surface area contributed by atoms with Gasteiger partial charge in [0.1, 0.15) is 11.3 Å². The molecule has 0 spiro atoms. The summed E-state index contributed by atoms with van der Waals surface area (Å²) in [6, 6.07) is 11.0. The third-order valence-electron chi connectivity index (χ3n) is 4.86. The van der Waals surface area contributed by atoms with Crippen molar-refractivity contribution in [2.24, 2.45) is 5.16 Å². The van der Waals surface area contributed by atoms with Gasteiger partial charge in [0.15, 0.2) is 0 Å². The van der Waals surface area contributed by atoms with Gasteiger partial charge in [-0.1, -0.05) is 17.3 Å². The van der Waals surface area contributed by atoms with Gasteiger partial charge in [0.05, 0.1) is 35.6 Å². The van der Waals surface area contributed by atoms with Gasteiger partial charge in [-0.3, -0.25) is 5.10 Å². The molecule has 0 aliphatic carbocycles. The average Bonchev–Trinajstić information content (AvgIpc) is 3.24. The third-order valence-corrected chi connectivity index (χ3v) is 4.86. The Morgan fingerprint density at radius 1 is 1.29 bits per heavy atom. The highest BCUT2D eigenvalue weighted by Crippen LogP contribution is 2.34. The molecule has 8 heteroatoms. The predicted octanol–water partition coefficient (Wildman–Crippen LogP) is 4.18. The summed E-state index contributed by atoms with van der Waals surface area (Å²) < 4.78 is 7.71. The highest BCUT2D eigenvalue weighted by Gasteiger charge is 2.28. The lowest BCUT2D eigenvalue weighted by molar-refractivity contribution is 0.00695. The second kappa shape index (κ2) is 8.48. The summed E-state index contributed by atoms with van der Waals surface area (Å²) in [5, 5.41) is 27.8. The zero-order chi connectivity index (χ0) is 22.8. The van der Waals surface area contributed by atoms with Crippen LogP contribution >= 0.6 is 0 Å². The van der Waals surface area contributed by atoms with E-state index in [0.717, 1.165) is 28.2 Å². The van der Waals surface area contributed by atoms with E-state index in [1.807, 2.05) is 51.3 Å². The molecule has 31 heavy (non-hydrogen) atoms. The van der Waals surface area contributed by atoms with Crippen molar-refractivity contribution in [3.05, 3.63) is 64.2 Å². The number of nitriles is 1. The fraction of sp³-hybridized carbons (Fsp3) is 0.304. The fourth-order valence-corrected chi connectivity index (χ4v) is 3.52. The summed E-state index contributed by atoms with van der Waals surface area (Å²) in [5.41, 5.74) is 4.94. The molecule has 0 unspecified atom stereocenters. The molecule has 0 radical (unpaired) electrons. The van der Waals surface area contributed by atoms with Gasteiger partial charge in [-0.05, 0) is 58.4 Å². The minimum atomic E-state index is -0.636. The van der Waals surface area contributed by atoms with Crippen molar-refractivity contribution in [1.82, 2.24) is 14.8 Å². The van der Waals surface area contributed by atoms with Crippen molar-refractivity contribution in [3.63, 3.8) is 0 Å². The molecule has 0 fully saturated rings.